The molecule has 6 nitrogen and oxygen atoms in total. The Kier molecular flexibility index (Phi) is 8.02. The summed E-state index contributed by atoms with van der Waals surface area (Å²) < 4.78 is 6.98. The van der Waals surface area contributed by atoms with Crippen LogP contribution >= 0.6 is 0 Å². The summed E-state index contributed by atoms with van der Waals surface area (Å²) in [6, 6.07) is 7.24. The van der Waals surface area contributed by atoms with Crippen molar-refractivity contribution in [3.63, 3.8) is 0 Å². The molecule has 1 aromatic carbocycles. The van der Waals surface area contributed by atoms with Crippen LogP contribution in [0.1, 0.15) is 70.7 Å². The Labute approximate surface area is 179 Å². The molecule has 1 fully saturated rings. The van der Waals surface area contributed by atoms with Crippen molar-refractivity contribution in [2.45, 2.75) is 71.4 Å². The van der Waals surface area contributed by atoms with E-state index in [0.717, 1.165) is 38.5 Å². The monoisotopic (exact) mass is 413 g/mol. The zero-order chi connectivity index (χ0) is 21.5. The smallest absolute Gasteiger partial charge is 0.261 e. The average Bonchev–Trinajstić information content (AvgIpc) is 2.79. The summed E-state index contributed by atoms with van der Waals surface area (Å²) in [7, 11) is 1.63. The van der Waals surface area contributed by atoms with Gasteiger partial charge in [0.25, 0.3) is 5.56 Å². The van der Waals surface area contributed by atoms with Gasteiger partial charge in [-0.3, -0.25) is 14.2 Å². The molecule has 1 aromatic heterocycles. The van der Waals surface area contributed by atoms with E-state index >= 15 is 0 Å². The summed E-state index contributed by atoms with van der Waals surface area (Å²) in [6.07, 6.45) is 7.01. The van der Waals surface area contributed by atoms with Gasteiger partial charge in [0.2, 0.25) is 5.91 Å². The Bertz CT molecular complexity index is 902. The molecule has 2 aromatic rings. The first-order valence-electron chi connectivity index (χ1n) is 11.4. The Morgan fingerprint density at radius 2 is 1.97 bits per heavy atom. The average molecular weight is 414 g/mol. The number of nitrogens with zero attached hydrogens (tertiary/aromatic N) is 3. The largest absolute Gasteiger partial charge is 0.383 e. The third kappa shape index (κ3) is 4.75. The number of para-hydroxylation sites is 1. The van der Waals surface area contributed by atoms with Crippen LogP contribution in [0.5, 0.6) is 0 Å². The normalized spacial score (nSPS) is 16.0. The number of benzene rings is 1. The van der Waals surface area contributed by atoms with Crippen molar-refractivity contribution in [2.75, 3.05) is 20.3 Å². The molecule has 1 aliphatic rings. The van der Waals surface area contributed by atoms with Gasteiger partial charge in [-0.05, 0) is 37.8 Å². The number of ether oxygens (including phenoxy) is 1. The molecule has 30 heavy (non-hydrogen) atoms. The lowest BCUT2D eigenvalue weighted by molar-refractivity contribution is -0.139. The molecule has 1 atom stereocenters. The topological polar surface area (TPSA) is 64.4 Å². The fraction of sp³-hybridized carbons (Fsp3) is 0.625. The van der Waals surface area contributed by atoms with Crippen LogP contribution in [0.3, 0.4) is 0 Å². The Morgan fingerprint density at radius 3 is 2.63 bits per heavy atom. The van der Waals surface area contributed by atoms with Crippen molar-refractivity contribution in [1.29, 1.82) is 0 Å². The fourth-order valence-electron chi connectivity index (χ4n) is 4.63. The quantitative estimate of drug-likeness (QED) is 0.614. The van der Waals surface area contributed by atoms with Crippen molar-refractivity contribution in [3.05, 3.63) is 40.4 Å². The second-order valence-electron chi connectivity index (χ2n) is 8.23. The van der Waals surface area contributed by atoms with E-state index < -0.39 is 0 Å². The van der Waals surface area contributed by atoms with Crippen LogP contribution in [-0.4, -0.2) is 40.6 Å². The van der Waals surface area contributed by atoms with Crippen LogP contribution < -0.4 is 5.56 Å². The number of aromatic nitrogens is 2. The molecule has 1 aliphatic carbocycles. The predicted molar refractivity (Wildman–Crippen MR) is 119 cm³/mol. The third-order valence-electron chi connectivity index (χ3n) is 6.17. The van der Waals surface area contributed by atoms with Gasteiger partial charge >= 0.3 is 0 Å². The maximum atomic E-state index is 13.5. The maximum absolute atomic E-state index is 13.5. The maximum Gasteiger partial charge on any atom is 0.261 e. The summed E-state index contributed by atoms with van der Waals surface area (Å²) in [5, 5.41) is 0.604. The highest BCUT2D eigenvalue weighted by molar-refractivity contribution is 5.80. The molecule has 1 amide bonds. The van der Waals surface area contributed by atoms with Gasteiger partial charge in [0.1, 0.15) is 5.82 Å². The van der Waals surface area contributed by atoms with Crippen LogP contribution in [0.4, 0.5) is 0 Å². The second kappa shape index (κ2) is 10.7. The van der Waals surface area contributed by atoms with Gasteiger partial charge < -0.3 is 9.64 Å². The van der Waals surface area contributed by atoms with Crippen molar-refractivity contribution in [2.24, 2.45) is 5.92 Å². The fourth-order valence-corrected chi connectivity index (χ4v) is 4.63. The van der Waals surface area contributed by atoms with Gasteiger partial charge in [0.05, 0.1) is 30.1 Å². The molecule has 1 heterocycles. The molecule has 1 saturated carbocycles. The first-order chi connectivity index (χ1) is 14.6. The SMILES string of the molecule is CCCN(C(=O)C1CCCCC1)C(CC)c1nc2ccccc2c(=O)n1CCOC. The molecule has 0 spiro atoms. The summed E-state index contributed by atoms with van der Waals surface area (Å²) in [4.78, 5) is 33.7. The molecular weight excluding hydrogens is 378 g/mol. The van der Waals surface area contributed by atoms with Crippen LogP contribution in [0, 0.1) is 5.92 Å². The number of fused-ring (bicyclic) bond motifs is 1. The number of rotatable bonds is 9. The Morgan fingerprint density at radius 1 is 1.23 bits per heavy atom. The molecule has 164 valence electrons. The van der Waals surface area contributed by atoms with Gasteiger partial charge in [-0.1, -0.05) is 45.2 Å². The molecule has 0 saturated heterocycles. The first-order valence-corrected chi connectivity index (χ1v) is 11.4. The van der Waals surface area contributed by atoms with Crippen LogP contribution in [-0.2, 0) is 16.1 Å². The lowest BCUT2D eigenvalue weighted by Gasteiger charge is -2.35. The zero-order valence-electron chi connectivity index (χ0n) is 18.6. The number of carbonyl (C=O) groups is 1. The molecule has 0 N–H and O–H groups in total. The van der Waals surface area contributed by atoms with Gasteiger partial charge in [-0.2, -0.15) is 0 Å². The summed E-state index contributed by atoms with van der Waals surface area (Å²) in [5.74, 6) is 0.999. The van der Waals surface area contributed by atoms with Crippen molar-refractivity contribution in [3.8, 4) is 0 Å². The number of hydrogen-bond donors (Lipinski definition) is 0. The molecule has 0 bridgehead atoms. The number of carbonyl (C=O) groups excluding carboxylic acids is 1. The highest BCUT2D eigenvalue weighted by atomic mass is 16.5. The van der Waals surface area contributed by atoms with Crippen molar-refractivity contribution >= 4 is 16.8 Å². The van der Waals surface area contributed by atoms with E-state index in [1.807, 2.05) is 29.2 Å². The lowest BCUT2D eigenvalue weighted by Crippen LogP contribution is -2.42. The van der Waals surface area contributed by atoms with E-state index in [0.29, 0.717) is 36.4 Å². The lowest BCUT2D eigenvalue weighted by atomic mass is 9.87. The van der Waals surface area contributed by atoms with Gasteiger partial charge in [-0.25, -0.2) is 4.98 Å². The van der Waals surface area contributed by atoms with E-state index in [1.54, 1.807) is 11.7 Å². The standard InChI is InChI=1S/C24H35N3O3/c1-4-15-26(23(28)18-11-7-6-8-12-18)21(5-2)22-25-20-14-10-9-13-19(20)24(29)27(22)16-17-30-3/h9-10,13-14,18,21H,4-8,11-12,15-17H2,1-3H3. The minimum absolute atomic E-state index is 0.0623. The van der Waals surface area contributed by atoms with Crippen LogP contribution in [0.15, 0.2) is 29.1 Å². The Hall–Kier alpha value is -2.21. The highest BCUT2D eigenvalue weighted by Crippen LogP contribution is 2.31. The summed E-state index contributed by atoms with van der Waals surface area (Å²) >= 11 is 0. The van der Waals surface area contributed by atoms with Gasteiger partial charge in [0.15, 0.2) is 0 Å². The molecule has 0 aliphatic heterocycles. The van der Waals surface area contributed by atoms with E-state index in [1.165, 1.54) is 6.42 Å². The Balaban J connectivity index is 2.07. The minimum atomic E-state index is -0.214. The predicted octanol–water partition coefficient (Wildman–Crippen LogP) is 4.31. The molecule has 0 radical (unpaired) electrons. The van der Waals surface area contributed by atoms with Crippen molar-refractivity contribution in [1.82, 2.24) is 14.5 Å². The summed E-state index contributed by atoms with van der Waals surface area (Å²) in [6.45, 7) is 5.70. The highest BCUT2D eigenvalue weighted by Gasteiger charge is 2.32. The van der Waals surface area contributed by atoms with Gasteiger partial charge in [0, 0.05) is 19.6 Å². The van der Waals surface area contributed by atoms with E-state index in [-0.39, 0.29) is 23.4 Å². The van der Waals surface area contributed by atoms with E-state index in [4.69, 9.17) is 9.72 Å². The van der Waals surface area contributed by atoms with Crippen LogP contribution in [0.25, 0.3) is 10.9 Å². The van der Waals surface area contributed by atoms with Crippen LogP contribution in [0.2, 0.25) is 0 Å². The van der Waals surface area contributed by atoms with Gasteiger partial charge in [-0.15, -0.1) is 0 Å². The molecule has 3 rings (SSSR count). The third-order valence-corrected chi connectivity index (χ3v) is 6.17. The van der Waals surface area contributed by atoms with E-state index in [2.05, 4.69) is 13.8 Å². The number of hydrogen-bond acceptors (Lipinski definition) is 4. The first kappa shape index (κ1) is 22.5. The zero-order valence-corrected chi connectivity index (χ0v) is 18.6. The second-order valence-corrected chi connectivity index (χ2v) is 8.23. The molecule has 1 unspecified atom stereocenters. The molecular formula is C24H35N3O3. The molecule has 6 heteroatoms. The number of amides is 1. The minimum Gasteiger partial charge on any atom is -0.383 e. The van der Waals surface area contributed by atoms with E-state index in [9.17, 15) is 9.59 Å². The number of methoxy groups -OCH3 is 1. The van der Waals surface area contributed by atoms with Crippen molar-refractivity contribution < 1.29 is 9.53 Å². The summed E-state index contributed by atoms with van der Waals surface area (Å²) in [5.41, 5.74) is 0.624.